The Morgan fingerprint density at radius 3 is 2.74 bits per heavy atom. The van der Waals surface area contributed by atoms with Crippen molar-refractivity contribution in [1.82, 2.24) is 20.1 Å². The molecule has 2 aromatic heterocycles. The predicted octanol–water partition coefficient (Wildman–Crippen LogP) is 4.66. The molecule has 1 unspecified atom stereocenters. The third-order valence-corrected chi connectivity index (χ3v) is 5.85. The number of hydrogen-bond acceptors (Lipinski definition) is 5. The van der Waals surface area contributed by atoms with Gasteiger partial charge in [-0.1, -0.05) is 41.0 Å². The van der Waals surface area contributed by atoms with Crippen LogP contribution in [-0.2, 0) is 11.8 Å². The Morgan fingerprint density at radius 1 is 1.30 bits per heavy atom. The Hall–Kier alpha value is -1.96. The molecular weight excluding hydrogens is 407 g/mol. The van der Waals surface area contributed by atoms with Crippen LogP contribution in [0.2, 0.25) is 10.0 Å². The number of aromatic nitrogens is 3. The Balaban J connectivity index is 1.60. The smallest absolute Gasteiger partial charge is 0.230 e. The van der Waals surface area contributed by atoms with E-state index in [-0.39, 0.29) is 17.7 Å². The summed E-state index contributed by atoms with van der Waals surface area (Å²) in [5.41, 5.74) is 1.77. The lowest BCUT2D eigenvalue weighted by molar-refractivity contribution is -0.119. The van der Waals surface area contributed by atoms with Crippen molar-refractivity contribution in [3.63, 3.8) is 0 Å². The van der Waals surface area contributed by atoms with Gasteiger partial charge in [-0.15, -0.1) is 10.2 Å². The second-order valence-electron chi connectivity index (χ2n) is 6.01. The van der Waals surface area contributed by atoms with Crippen LogP contribution < -0.4 is 5.32 Å². The maximum absolute atomic E-state index is 12.3. The average Bonchev–Trinajstić information content (AvgIpc) is 3.20. The lowest BCUT2D eigenvalue weighted by Crippen LogP contribution is -2.28. The zero-order chi connectivity index (χ0) is 19.6. The SMILES string of the molecule is Cc1occc1-c1nnc(SCC(=O)NC(C)c2ccc(Cl)c(Cl)c2)n1C. The number of carbonyl (C=O) groups is 1. The molecule has 3 rings (SSSR count). The number of carbonyl (C=O) groups excluding carboxylic acids is 1. The fraction of sp³-hybridized carbons (Fsp3) is 0.278. The highest BCUT2D eigenvalue weighted by molar-refractivity contribution is 7.99. The first kappa shape index (κ1) is 19.8. The first-order valence-corrected chi connectivity index (χ1v) is 9.92. The van der Waals surface area contributed by atoms with Gasteiger partial charge in [-0.25, -0.2) is 0 Å². The van der Waals surface area contributed by atoms with E-state index in [1.54, 1.807) is 18.4 Å². The van der Waals surface area contributed by atoms with E-state index in [9.17, 15) is 4.79 Å². The fourth-order valence-corrected chi connectivity index (χ4v) is 3.60. The van der Waals surface area contributed by atoms with Gasteiger partial charge in [0, 0.05) is 7.05 Å². The van der Waals surface area contributed by atoms with E-state index in [1.807, 2.05) is 37.6 Å². The summed E-state index contributed by atoms with van der Waals surface area (Å²) >= 11 is 13.3. The summed E-state index contributed by atoms with van der Waals surface area (Å²) in [6.07, 6.45) is 1.62. The van der Waals surface area contributed by atoms with E-state index in [1.165, 1.54) is 11.8 Å². The third-order valence-electron chi connectivity index (χ3n) is 4.09. The molecule has 1 atom stereocenters. The molecule has 9 heteroatoms. The van der Waals surface area contributed by atoms with Crippen molar-refractivity contribution < 1.29 is 9.21 Å². The number of halogens is 2. The van der Waals surface area contributed by atoms with Crippen molar-refractivity contribution in [2.24, 2.45) is 7.05 Å². The maximum atomic E-state index is 12.3. The van der Waals surface area contributed by atoms with E-state index < -0.39 is 0 Å². The van der Waals surface area contributed by atoms with Gasteiger partial charge in [-0.2, -0.15) is 0 Å². The number of nitrogens with zero attached hydrogens (tertiary/aromatic N) is 3. The molecule has 2 heterocycles. The summed E-state index contributed by atoms with van der Waals surface area (Å²) in [5, 5.41) is 12.9. The van der Waals surface area contributed by atoms with Crippen molar-refractivity contribution >= 4 is 40.9 Å². The zero-order valence-electron chi connectivity index (χ0n) is 15.0. The number of rotatable bonds is 6. The molecule has 0 aliphatic rings. The molecule has 142 valence electrons. The minimum absolute atomic E-state index is 0.109. The second kappa shape index (κ2) is 8.37. The van der Waals surface area contributed by atoms with Crippen LogP contribution in [0.25, 0.3) is 11.4 Å². The molecule has 1 aromatic carbocycles. The lowest BCUT2D eigenvalue weighted by atomic mass is 10.1. The van der Waals surface area contributed by atoms with Gasteiger partial charge >= 0.3 is 0 Å². The van der Waals surface area contributed by atoms with Gasteiger partial charge in [-0.3, -0.25) is 4.79 Å². The van der Waals surface area contributed by atoms with Crippen LogP contribution in [0, 0.1) is 6.92 Å². The lowest BCUT2D eigenvalue weighted by Gasteiger charge is -2.14. The first-order chi connectivity index (χ1) is 12.9. The number of amides is 1. The molecule has 0 saturated carbocycles. The number of thioether (sulfide) groups is 1. The molecular formula is C18H18Cl2N4O2S. The maximum Gasteiger partial charge on any atom is 0.230 e. The van der Waals surface area contributed by atoms with Gasteiger partial charge < -0.3 is 14.3 Å². The molecule has 0 fully saturated rings. The third kappa shape index (κ3) is 4.48. The number of hydrogen-bond donors (Lipinski definition) is 1. The van der Waals surface area contributed by atoms with Gasteiger partial charge in [0.25, 0.3) is 0 Å². The normalized spacial score (nSPS) is 12.2. The molecule has 0 aliphatic carbocycles. The quantitative estimate of drug-likeness (QED) is 0.582. The molecule has 0 spiro atoms. The Morgan fingerprint density at radius 2 is 2.07 bits per heavy atom. The molecule has 1 N–H and O–H groups in total. The van der Waals surface area contributed by atoms with Crippen molar-refractivity contribution in [2.75, 3.05) is 5.75 Å². The highest BCUT2D eigenvalue weighted by atomic mass is 35.5. The first-order valence-electron chi connectivity index (χ1n) is 8.17. The van der Waals surface area contributed by atoms with Crippen LogP contribution in [-0.4, -0.2) is 26.4 Å². The van der Waals surface area contributed by atoms with Gasteiger partial charge in [0.05, 0.1) is 33.7 Å². The summed E-state index contributed by atoms with van der Waals surface area (Å²) in [6, 6.07) is 6.98. The number of furan rings is 1. The molecule has 27 heavy (non-hydrogen) atoms. The van der Waals surface area contributed by atoms with Gasteiger partial charge in [-0.05, 0) is 37.6 Å². The highest BCUT2D eigenvalue weighted by Crippen LogP contribution is 2.27. The monoisotopic (exact) mass is 424 g/mol. The minimum Gasteiger partial charge on any atom is -0.469 e. The summed E-state index contributed by atoms with van der Waals surface area (Å²) in [7, 11) is 1.86. The van der Waals surface area contributed by atoms with Crippen LogP contribution in [0.15, 0.2) is 40.1 Å². The molecule has 3 aromatic rings. The molecule has 0 radical (unpaired) electrons. The predicted molar refractivity (Wildman–Crippen MR) is 107 cm³/mol. The summed E-state index contributed by atoms with van der Waals surface area (Å²) in [4.78, 5) is 12.3. The number of nitrogens with one attached hydrogen (secondary N) is 1. The van der Waals surface area contributed by atoms with Gasteiger partial charge in [0.2, 0.25) is 5.91 Å². The van der Waals surface area contributed by atoms with E-state index in [4.69, 9.17) is 27.6 Å². The van der Waals surface area contributed by atoms with E-state index in [0.29, 0.717) is 21.0 Å². The van der Waals surface area contributed by atoms with Crippen molar-refractivity contribution in [3.8, 4) is 11.4 Å². The Kier molecular flexibility index (Phi) is 6.14. The zero-order valence-corrected chi connectivity index (χ0v) is 17.3. The van der Waals surface area contributed by atoms with Gasteiger partial charge in [0.15, 0.2) is 11.0 Å². The minimum atomic E-state index is -0.184. The van der Waals surface area contributed by atoms with Gasteiger partial charge in [0.1, 0.15) is 5.76 Å². The van der Waals surface area contributed by atoms with E-state index in [2.05, 4.69) is 15.5 Å². The van der Waals surface area contributed by atoms with Crippen molar-refractivity contribution in [2.45, 2.75) is 25.0 Å². The molecule has 1 amide bonds. The van der Waals surface area contributed by atoms with Crippen LogP contribution >= 0.6 is 35.0 Å². The van der Waals surface area contributed by atoms with Crippen LogP contribution in [0.4, 0.5) is 0 Å². The highest BCUT2D eigenvalue weighted by Gasteiger charge is 2.17. The van der Waals surface area contributed by atoms with E-state index in [0.717, 1.165) is 16.9 Å². The summed E-state index contributed by atoms with van der Waals surface area (Å²) < 4.78 is 7.16. The van der Waals surface area contributed by atoms with E-state index >= 15 is 0 Å². The topological polar surface area (TPSA) is 72.9 Å². The fourth-order valence-electron chi connectivity index (χ4n) is 2.57. The Bertz CT molecular complexity index is 970. The largest absolute Gasteiger partial charge is 0.469 e. The number of benzene rings is 1. The summed E-state index contributed by atoms with van der Waals surface area (Å²) in [6.45, 7) is 3.76. The molecule has 0 aliphatic heterocycles. The van der Waals surface area contributed by atoms with Crippen LogP contribution in [0.1, 0.15) is 24.3 Å². The molecule has 0 bridgehead atoms. The second-order valence-corrected chi connectivity index (χ2v) is 7.76. The van der Waals surface area contributed by atoms with Crippen molar-refractivity contribution in [1.29, 1.82) is 0 Å². The molecule has 0 saturated heterocycles. The van der Waals surface area contributed by atoms with Crippen LogP contribution in [0.5, 0.6) is 0 Å². The average molecular weight is 425 g/mol. The molecule has 6 nitrogen and oxygen atoms in total. The van der Waals surface area contributed by atoms with Crippen molar-refractivity contribution in [3.05, 3.63) is 51.9 Å². The Labute approximate surface area is 171 Å². The van der Waals surface area contributed by atoms with Crippen LogP contribution in [0.3, 0.4) is 0 Å². The standard InChI is InChI=1S/C18H18Cl2N4O2S/c1-10(12-4-5-14(19)15(20)8-12)21-16(25)9-27-18-23-22-17(24(18)3)13-6-7-26-11(13)2/h4-8,10H,9H2,1-3H3,(H,21,25). The summed E-state index contributed by atoms with van der Waals surface area (Å²) in [5.74, 6) is 1.59. The number of aryl methyl sites for hydroxylation is 1.